The highest BCUT2D eigenvalue weighted by molar-refractivity contribution is 7.18. The molecule has 3 heterocycles. The summed E-state index contributed by atoms with van der Waals surface area (Å²) in [6.07, 6.45) is 2.70. The zero-order valence-electron chi connectivity index (χ0n) is 12.9. The van der Waals surface area contributed by atoms with Crippen LogP contribution >= 0.6 is 11.3 Å². The molecular formula is C15H19N5OS. The van der Waals surface area contributed by atoms with Gasteiger partial charge in [-0.25, -0.2) is 9.97 Å². The van der Waals surface area contributed by atoms with Crippen LogP contribution in [0, 0.1) is 6.92 Å². The molecule has 6 nitrogen and oxygen atoms in total. The maximum Gasteiger partial charge on any atom is 0.139 e. The number of hydrogen-bond donors (Lipinski definition) is 2. The molecule has 0 radical (unpaired) electrons. The Labute approximate surface area is 132 Å². The number of hydrogen-bond acceptors (Lipinski definition) is 6. The van der Waals surface area contributed by atoms with E-state index in [-0.39, 0.29) is 12.6 Å². The number of nitrogens with one attached hydrogen (secondary N) is 1. The van der Waals surface area contributed by atoms with E-state index in [0.29, 0.717) is 0 Å². The van der Waals surface area contributed by atoms with Gasteiger partial charge in [-0.15, -0.1) is 11.3 Å². The Bertz CT molecular complexity index is 794. The Morgan fingerprint density at radius 2 is 2.23 bits per heavy atom. The van der Waals surface area contributed by atoms with Crippen molar-refractivity contribution in [1.29, 1.82) is 0 Å². The van der Waals surface area contributed by atoms with Crippen molar-refractivity contribution in [3.05, 3.63) is 34.7 Å². The molecular weight excluding hydrogens is 298 g/mol. The number of nitrogens with zero attached hydrogens (tertiary/aromatic N) is 4. The molecule has 0 amide bonds. The molecule has 0 saturated heterocycles. The fourth-order valence-corrected chi connectivity index (χ4v) is 3.48. The first kappa shape index (κ1) is 14.9. The predicted molar refractivity (Wildman–Crippen MR) is 88.2 cm³/mol. The largest absolute Gasteiger partial charge is 0.394 e. The Balaban J connectivity index is 2.02. The number of aryl methyl sites for hydroxylation is 3. The molecule has 3 aromatic rings. The van der Waals surface area contributed by atoms with E-state index >= 15 is 0 Å². The van der Waals surface area contributed by atoms with Gasteiger partial charge in [0.15, 0.2) is 0 Å². The number of aliphatic hydroxyl groups is 1. The van der Waals surface area contributed by atoms with Crippen LogP contribution in [0.15, 0.2) is 18.3 Å². The molecule has 1 atom stereocenters. The zero-order valence-corrected chi connectivity index (χ0v) is 13.7. The van der Waals surface area contributed by atoms with Gasteiger partial charge in [0.2, 0.25) is 0 Å². The molecule has 2 N–H and O–H groups in total. The molecule has 0 bridgehead atoms. The zero-order chi connectivity index (χ0) is 15.7. The summed E-state index contributed by atoms with van der Waals surface area (Å²) in [4.78, 5) is 11.3. The lowest BCUT2D eigenvalue weighted by atomic mass is 10.2. The second-order valence-electron chi connectivity index (χ2n) is 5.16. The first-order valence-electron chi connectivity index (χ1n) is 7.24. The third-order valence-electron chi connectivity index (χ3n) is 3.61. The highest BCUT2D eigenvalue weighted by Crippen LogP contribution is 2.31. The Morgan fingerprint density at radius 1 is 1.41 bits per heavy atom. The summed E-state index contributed by atoms with van der Waals surface area (Å²) in [5.41, 5.74) is 0.915. The van der Waals surface area contributed by atoms with Crippen molar-refractivity contribution in [2.75, 3.05) is 11.9 Å². The Kier molecular flexibility index (Phi) is 4.08. The van der Waals surface area contributed by atoms with Crippen LogP contribution < -0.4 is 5.32 Å². The molecule has 0 fully saturated rings. The molecule has 0 aliphatic rings. The van der Waals surface area contributed by atoms with Crippen LogP contribution in [0.2, 0.25) is 0 Å². The van der Waals surface area contributed by atoms with Crippen molar-refractivity contribution in [1.82, 2.24) is 19.7 Å². The van der Waals surface area contributed by atoms with Gasteiger partial charge in [0.05, 0.1) is 23.7 Å². The summed E-state index contributed by atoms with van der Waals surface area (Å²) in [7, 11) is 1.86. The topological polar surface area (TPSA) is 75.9 Å². The number of fused-ring (bicyclic) bond motifs is 1. The second kappa shape index (κ2) is 6.02. The van der Waals surface area contributed by atoms with Gasteiger partial charge >= 0.3 is 0 Å². The number of aliphatic hydroxyl groups excluding tert-OH is 1. The fraction of sp³-hybridized carbons (Fsp3) is 0.400. The quantitative estimate of drug-likeness (QED) is 0.756. The van der Waals surface area contributed by atoms with Gasteiger partial charge < -0.3 is 10.4 Å². The molecule has 1 unspecified atom stereocenters. The summed E-state index contributed by atoms with van der Waals surface area (Å²) in [5.74, 6) is 1.49. The van der Waals surface area contributed by atoms with Gasteiger partial charge in [-0.1, -0.05) is 6.92 Å². The van der Waals surface area contributed by atoms with Gasteiger partial charge in [-0.3, -0.25) is 4.68 Å². The molecule has 0 saturated carbocycles. The van der Waals surface area contributed by atoms with E-state index < -0.39 is 0 Å². The average Bonchev–Trinajstić information content (AvgIpc) is 3.10. The fourth-order valence-electron chi connectivity index (χ4n) is 2.47. The van der Waals surface area contributed by atoms with Crippen molar-refractivity contribution in [2.45, 2.75) is 26.3 Å². The van der Waals surface area contributed by atoms with E-state index in [1.807, 2.05) is 20.0 Å². The predicted octanol–water partition coefficient (Wildman–Crippen LogP) is 2.44. The molecule has 116 valence electrons. The van der Waals surface area contributed by atoms with Crippen LogP contribution in [0.5, 0.6) is 0 Å². The third kappa shape index (κ3) is 2.69. The molecule has 0 aliphatic heterocycles. The first-order chi connectivity index (χ1) is 10.6. The van der Waals surface area contributed by atoms with Crippen LogP contribution in [0.1, 0.15) is 29.4 Å². The highest BCUT2D eigenvalue weighted by atomic mass is 32.1. The maximum atomic E-state index is 9.73. The Hall–Kier alpha value is -1.99. The van der Waals surface area contributed by atoms with Crippen molar-refractivity contribution >= 4 is 27.4 Å². The summed E-state index contributed by atoms with van der Waals surface area (Å²) in [6, 6.07) is 3.76. The van der Waals surface area contributed by atoms with Crippen molar-refractivity contribution in [2.24, 2.45) is 7.05 Å². The summed E-state index contributed by atoms with van der Waals surface area (Å²) < 4.78 is 1.75. The van der Waals surface area contributed by atoms with E-state index in [9.17, 15) is 5.11 Å². The van der Waals surface area contributed by atoms with Gasteiger partial charge in [0, 0.05) is 18.1 Å². The van der Waals surface area contributed by atoms with Gasteiger partial charge in [-0.05, 0) is 25.5 Å². The summed E-state index contributed by atoms with van der Waals surface area (Å²) in [6.45, 7) is 3.98. The van der Waals surface area contributed by atoms with E-state index in [0.717, 1.165) is 34.0 Å². The second-order valence-corrected chi connectivity index (χ2v) is 6.28. The van der Waals surface area contributed by atoms with Crippen molar-refractivity contribution in [3.8, 4) is 0 Å². The minimum Gasteiger partial charge on any atom is -0.394 e. The number of thiophene rings is 1. The van der Waals surface area contributed by atoms with Crippen LogP contribution in [-0.4, -0.2) is 31.5 Å². The molecule has 3 rings (SSSR count). The van der Waals surface area contributed by atoms with E-state index in [1.54, 1.807) is 22.2 Å². The SMILES string of the molecule is CCc1cc2c(NC(CO)c3ccnn3C)nc(C)nc2s1. The van der Waals surface area contributed by atoms with Crippen LogP contribution in [0.25, 0.3) is 10.2 Å². The monoisotopic (exact) mass is 317 g/mol. The lowest BCUT2D eigenvalue weighted by Crippen LogP contribution is -2.19. The number of aromatic nitrogens is 4. The molecule has 7 heteroatoms. The molecule has 0 aliphatic carbocycles. The lowest BCUT2D eigenvalue weighted by molar-refractivity contribution is 0.271. The normalized spacial score (nSPS) is 12.7. The highest BCUT2D eigenvalue weighted by Gasteiger charge is 2.17. The third-order valence-corrected chi connectivity index (χ3v) is 4.79. The smallest absolute Gasteiger partial charge is 0.139 e. The molecule has 0 aromatic carbocycles. The van der Waals surface area contributed by atoms with E-state index in [4.69, 9.17) is 0 Å². The van der Waals surface area contributed by atoms with E-state index in [1.165, 1.54) is 4.88 Å². The molecule has 3 aromatic heterocycles. The summed E-state index contributed by atoms with van der Waals surface area (Å²) in [5, 5.41) is 18.2. The maximum absolute atomic E-state index is 9.73. The summed E-state index contributed by atoms with van der Waals surface area (Å²) >= 11 is 1.69. The Morgan fingerprint density at radius 3 is 2.86 bits per heavy atom. The average molecular weight is 317 g/mol. The van der Waals surface area contributed by atoms with Gasteiger partial charge in [0.25, 0.3) is 0 Å². The van der Waals surface area contributed by atoms with Gasteiger partial charge in [-0.2, -0.15) is 5.10 Å². The minimum atomic E-state index is -0.255. The minimum absolute atomic E-state index is 0.0329. The number of rotatable bonds is 5. The number of anilines is 1. The molecule has 0 spiro atoms. The standard InChI is InChI=1S/C15H19N5OS/c1-4-10-7-11-14(17-9(2)18-15(11)22-10)19-12(8-21)13-5-6-16-20(13)3/h5-7,12,21H,4,8H2,1-3H3,(H,17,18,19). The lowest BCUT2D eigenvalue weighted by Gasteiger charge is -2.18. The van der Waals surface area contributed by atoms with E-state index in [2.05, 4.69) is 33.4 Å². The van der Waals surface area contributed by atoms with Gasteiger partial charge in [0.1, 0.15) is 16.5 Å². The van der Waals surface area contributed by atoms with Crippen LogP contribution in [0.4, 0.5) is 5.82 Å². The first-order valence-corrected chi connectivity index (χ1v) is 8.06. The van der Waals surface area contributed by atoms with Crippen LogP contribution in [0.3, 0.4) is 0 Å². The van der Waals surface area contributed by atoms with Crippen molar-refractivity contribution < 1.29 is 5.11 Å². The molecule has 22 heavy (non-hydrogen) atoms. The van der Waals surface area contributed by atoms with Crippen molar-refractivity contribution in [3.63, 3.8) is 0 Å². The van der Waals surface area contributed by atoms with Crippen LogP contribution in [-0.2, 0) is 13.5 Å².